The molecule has 0 saturated heterocycles. The van der Waals surface area contributed by atoms with Crippen LogP contribution < -0.4 is 10.6 Å². The van der Waals surface area contributed by atoms with Gasteiger partial charge in [-0.05, 0) is 6.42 Å². The molecule has 7 heteroatoms. The van der Waals surface area contributed by atoms with Crippen LogP contribution in [0, 0.1) is 0 Å². The summed E-state index contributed by atoms with van der Waals surface area (Å²) in [5, 5.41) is 17.3. The van der Waals surface area contributed by atoms with Crippen LogP contribution >= 0.6 is 11.3 Å². The molecule has 18 heavy (non-hydrogen) atoms. The summed E-state index contributed by atoms with van der Waals surface area (Å²) in [4.78, 5) is 26.0. The van der Waals surface area contributed by atoms with Gasteiger partial charge in [0, 0.05) is 25.0 Å². The molecule has 0 spiro atoms. The molecule has 0 radical (unpaired) electrons. The Morgan fingerprint density at radius 3 is 2.72 bits per heavy atom. The molecule has 6 nitrogen and oxygen atoms in total. The van der Waals surface area contributed by atoms with Gasteiger partial charge in [0.1, 0.15) is 11.0 Å². The molecule has 1 aromatic heterocycles. The van der Waals surface area contributed by atoms with E-state index in [0.717, 1.165) is 11.4 Å². The fourth-order valence-electron chi connectivity index (χ4n) is 1.52. The van der Waals surface area contributed by atoms with E-state index in [1.807, 2.05) is 12.3 Å². The van der Waals surface area contributed by atoms with E-state index < -0.39 is 12.0 Å². The first-order valence-electron chi connectivity index (χ1n) is 5.67. The molecule has 0 aliphatic rings. The lowest BCUT2D eigenvalue weighted by Gasteiger charge is -2.18. The van der Waals surface area contributed by atoms with Gasteiger partial charge >= 0.3 is 5.97 Å². The topological polar surface area (TPSA) is 91.3 Å². The van der Waals surface area contributed by atoms with Crippen molar-refractivity contribution in [1.29, 1.82) is 0 Å². The van der Waals surface area contributed by atoms with Crippen LogP contribution in [0.15, 0.2) is 11.6 Å². The Hall–Kier alpha value is -1.47. The van der Waals surface area contributed by atoms with E-state index >= 15 is 0 Å². The highest BCUT2D eigenvalue weighted by atomic mass is 32.1. The molecule has 0 aliphatic carbocycles. The van der Waals surface area contributed by atoms with Crippen molar-refractivity contribution in [2.75, 3.05) is 6.54 Å². The zero-order chi connectivity index (χ0) is 13.5. The predicted molar refractivity (Wildman–Crippen MR) is 68.4 cm³/mol. The number of hydrogen-bond acceptors (Lipinski definition) is 5. The quantitative estimate of drug-likeness (QED) is 0.681. The first-order valence-corrected chi connectivity index (χ1v) is 6.55. The first kappa shape index (κ1) is 14.6. The van der Waals surface area contributed by atoms with Crippen molar-refractivity contribution < 1.29 is 14.7 Å². The van der Waals surface area contributed by atoms with Gasteiger partial charge in [-0.15, -0.1) is 11.3 Å². The Labute approximate surface area is 109 Å². The summed E-state index contributed by atoms with van der Waals surface area (Å²) in [6.07, 6.45) is 2.52. The van der Waals surface area contributed by atoms with Crippen LogP contribution in [0.3, 0.4) is 0 Å². The number of hydrogen-bond donors (Lipinski definition) is 3. The Morgan fingerprint density at radius 1 is 1.56 bits per heavy atom. The van der Waals surface area contributed by atoms with E-state index in [1.54, 1.807) is 6.20 Å². The minimum absolute atomic E-state index is 0.0145. The molecule has 0 saturated carbocycles. The highest BCUT2D eigenvalue weighted by Gasteiger charge is 2.20. The van der Waals surface area contributed by atoms with Crippen LogP contribution in [0.5, 0.6) is 0 Å². The van der Waals surface area contributed by atoms with E-state index in [-0.39, 0.29) is 18.5 Å². The summed E-state index contributed by atoms with van der Waals surface area (Å²) in [7, 11) is 0. The highest BCUT2D eigenvalue weighted by molar-refractivity contribution is 7.09. The standard InChI is InChI=1S/C11H17N3O3S/c1-3-8(10-12-4-5-18-10)13-6-9(11(16)17)14-7(2)15/h4-5,8-9,13H,3,6H2,1-2H3,(H,14,15)(H,16,17). The number of amides is 1. The number of rotatable bonds is 7. The van der Waals surface area contributed by atoms with Gasteiger partial charge in [0.15, 0.2) is 0 Å². The Balaban J connectivity index is 2.55. The summed E-state index contributed by atoms with van der Waals surface area (Å²) in [6.45, 7) is 3.47. The second-order valence-corrected chi connectivity index (χ2v) is 4.76. The molecule has 0 aliphatic heterocycles. The van der Waals surface area contributed by atoms with E-state index in [9.17, 15) is 9.59 Å². The average Bonchev–Trinajstić information content (AvgIpc) is 2.81. The molecule has 2 atom stereocenters. The summed E-state index contributed by atoms with van der Waals surface area (Å²) in [5.74, 6) is -1.40. The van der Waals surface area contributed by atoms with Crippen LogP contribution in [-0.4, -0.2) is 34.6 Å². The van der Waals surface area contributed by atoms with Gasteiger partial charge < -0.3 is 15.7 Å². The molecule has 1 rings (SSSR count). The monoisotopic (exact) mass is 271 g/mol. The van der Waals surface area contributed by atoms with Crippen LogP contribution in [0.25, 0.3) is 0 Å². The zero-order valence-electron chi connectivity index (χ0n) is 10.3. The second kappa shape index (κ2) is 7.07. The Morgan fingerprint density at radius 2 is 2.28 bits per heavy atom. The normalized spacial score (nSPS) is 13.9. The van der Waals surface area contributed by atoms with Crippen molar-refractivity contribution in [3.8, 4) is 0 Å². The molecule has 0 aromatic carbocycles. The molecule has 1 heterocycles. The summed E-state index contributed by atoms with van der Waals surface area (Å²) < 4.78 is 0. The van der Waals surface area contributed by atoms with Gasteiger partial charge in [-0.1, -0.05) is 6.92 Å². The maximum atomic E-state index is 11.0. The Bertz CT molecular complexity index is 394. The molecule has 0 bridgehead atoms. The van der Waals surface area contributed by atoms with Gasteiger partial charge in [0.05, 0.1) is 6.04 Å². The lowest BCUT2D eigenvalue weighted by atomic mass is 10.2. The van der Waals surface area contributed by atoms with Gasteiger partial charge in [0.2, 0.25) is 5.91 Å². The van der Waals surface area contributed by atoms with E-state index in [1.165, 1.54) is 18.3 Å². The summed E-state index contributed by atoms with van der Waals surface area (Å²) in [6, 6.07) is -0.905. The third-order valence-corrected chi connectivity index (χ3v) is 3.29. The third-order valence-electron chi connectivity index (χ3n) is 2.40. The van der Waals surface area contributed by atoms with E-state index in [0.29, 0.717) is 0 Å². The van der Waals surface area contributed by atoms with Crippen LogP contribution in [0.4, 0.5) is 0 Å². The average molecular weight is 271 g/mol. The number of carboxylic acid groups (broad SMARTS) is 1. The number of aliphatic carboxylic acids is 1. The summed E-state index contributed by atoms with van der Waals surface area (Å²) >= 11 is 1.52. The first-order chi connectivity index (χ1) is 8.54. The van der Waals surface area contributed by atoms with Gasteiger partial charge in [-0.25, -0.2) is 9.78 Å². The number of carboxylic acids is 1. The molecule has 2 unspecified atom stereocenters. The van der Waals surface area contributed by atoms with Crippen LogP contribution in [0.2, 0.25) is 0 Å². The SMILES string of the molecule is CCC(NCC(NC(C)=O)C(=O)O)c1nccs1. The fraction of sp³-hybridized carbons (Fsp3) is 0.545. The van der Waals surface area contributed by atoms with Crippen molar-refractivity contribution in [3.63, 3.8) is 0 Å². The molecule has 100 valence electrons. The van der Waals surface area contributed by atoms with Gasteiger partial charge in [0.25, 0.3) is 0 Å². The van der Waals surface area contributed by atoms with Crippen molar-refractivity contribution in [2.45, 2.75) is 32.4 Å². The minimum Gasteiger partial charge on any atom is -0.480 e. The van der Waals surface area contributed by atoms with Crippen molar-refractivity contribution in [1.82, 2.24) is 15.6 Å². The van der Waals surface area contributed by atoms with Crippen molar-refractivity contribution >= 4 is 23.2 Å². The highest BCUT2D eigenvalue weighted by Crippen LogP contribution is 2.18. The minimum atomic E-state index is -1.05. The molecule has 1 aromatic rings. The largest absolute Gasteiger partial charge is 0.480 e. The molecule has 1 amide bonds. The maximum Gasteiger partial charge on any atom is 0.327 e. The third kappa shape index (κ3) is 4.42. The smallest absolute Gasteiger partial charge is 0.327 e. The molecular formula is C11H17N3O3S. The van der Waals surface area contributed by atoms with Crippen LogP contribution in [0.1, 0.15) is 31.3 Å². The number of aromatic nitrogens is 1. The number of nitrogens with one attached hydrogen (secondary N) is 2. The molecular weight excluding hydrogens is 254 g/mol. The Kier molecular flexibility index (Phi) is 5.73. The number of carbonyl (C=O) groups excluding carboxylic acids is 1. The molecule has 3 N–H and O–H groups in total. The number of thiazole rings is 1. The van der Waals surface area contributed by atoms with E-state index in [2.05, 4.69) is 15.6 Å². The lowest BCUT2D eigenvalue weighted by Crippen LogP contribution is -2.47. The number of nitrogens with zero attached hydrogens (tertiary/aromatic N) is 1. The fourth-order valence-corrected chi connectivity index (χ4v) is 2.32. The van der Waals surface area contributed by atoms with Gasteiger partial charge in [-0.3, -0.25) is 4.79 Å². The predicted octanol–water partition coefficient (Wildman–Crippen LogP) is 0.773. The maximum absolute atomic E-state index is 11.0. The van der Waals surface area contributed by atoms with Crippen molar-refractivity contribution in [3.05, 3.63) is 16.6 Å². The summed E-state index contributed by atoms with van der Waals surface area (Å²) in [5.41, 5.74) is 0. The van der Waals surface area contributed by atoms with Crippen molar-refractivity contribution in [2.24, 2.45) is 0 Å². The second-order valence-electron chi connectivity index (χ2n) is 3.83. The van der Waals surface area contributed by atoms with Crippen LogP contribution in [-0.2, 0) is 9.59 Å². The zero-order valence-corrected chi connectivity index (χ0v) is 11.2. The number of carbonyl (C=O) groups is 2. The van der Waals surface area contributed by atoms with Gasteiger partial charge in [-0.2, -0.15) is 0 Å². The molecule has 0 fully saturated rings. The van der Waals surface area contributed by atoms with E-state index in [4.69, 9.17) is 5.11 Å². The lowest BCUT2D eigenvalue weighted by molar-refractivity contribution is -0.141.